The number of carbonyl (C=O) groups is 2. The highest BCUT2D eigenvalue weighted by atomic mass is 32.1. The number of benzene rings is 1. The fourth-order valence-electron chi connectivity index (χ4n) is 4.38. The van der Waals surface area contributed by atoms with Crippen LogP contribution in [0.15, 0.2) is 41.8 Å². The average Bonchev–Trinajstić information content (AvgIpc) is 3.45. The van der Waals surface area contributed by atoms with Crippen LogP contribution in [0, 0.1) is 5.92 Å². The van der Waals surface area contributed by atoms with Crippen molar-refractivity contribution in [1.82, 2.24) is 9.80 Å². The topological polar surface area (TPSA) is 49.9 Å². The molecule has 2 atom stereocenters. The molecule has 2 saturated heterocycles. The van der Waals surface area contributed by atoms with Crippen LogP contribution in [0.3, 0.4) is 0 Å². The van der Waals surface area contributed by atoms with Crippen LogP contribution >= 0.6 is 11.3 Å². The number of amides is 2. The number of hydrogen-bond donors (Lipinski definition) is 0. The first-order valence-electron chi connectivity index (χ1n) is 9.94. The fraction of sp³-hybridized carbons (Fsp3) is 0.455. The molecule has 2 aromatic rings. The zero-order chi connectivity index (χ0) is 19.5. The summed E-state index contributed by atoms with van der Waals surface area (Å²) in [5.74, 6) is 0.957. The molecule has 2 amide bonds. The highest BCUT2D eigenvalue weighted by molar-refractivity contribution is 7.12. The second kappa shape index (κ2) is 8.35. The van der Waals surface area contributed by atoms with E-state index in [4.69, 9.17) is 4.74 Å². The highest BCUT2D eigenvalue weighted by Crippen LogP contribution is 2.35. The first-order valence-corrected chi connectivity index (χ1v) is 10.8. The van der Waals surface area contributed by atoms with Crippen LogP contribution in [0.2, 0.25) is 0 Å². The van der Waals surface area contributed by atoms with Crippen LogP contribution in [0.25, 0.3) is 0 Å². The van der Waals surface area contributed by atoms with Crippen molar-refractivity contribution in [3.05, 3.63) is 52.2 Å². The third-order valence-electron chi connectivity index (χ3n) is 5.80. The summed E-state index contributed by atoms with van der Waals surface area (Å²) >= 11 is 1.46. The van der Waals surface area contributed by atoms with Crippen LogP contribution in [-0.4, -0.2) is 48.4 Å². The summed E-state index contributed by atoms with van der Waals surface area (Å²) in [6.07, 6.45) is 3.72. The van der Waals surface area contributed by atoms with Crippen LogP contribution in [0.5, 0.6) is 5.75 Å². The molecule has 0 saturated carbocycles. The summed E-state index contributed by atoms with van der Waals surface area (Å²) in [7, 11) is 1.66. The zero-order valence-corrected chi connectivity index (χ0v) is 17.0. The van der Waals surface area contributed by atoms with E-state index in [-0.39, 0.29) is 23.8 Å². The zero-order valence-electron chi connectivity index (χ0n) is 16.2. The van der Waals surface area contributed by atoms with Gasteiger partial charge in [0.15, 0.2) is 0 Å². The Balaban J connectivity index is 1.47. The van der Waals surface area contributed by atoms with Gasteiger partial charge >= 0.3 is 0 Å². The van der Waals surface area contributed by atoms with E-state index in [1.807, 2.05) is 45.5 Å². The smallest absolute Gasteiger partial charge is 0.263 e. The van der Waals surface area contributed by atoms with E-state index in [1.165, 1.54) is 11.3 Å². The molecule has 28 heavy (non-hydrogen) atoms. The van der Waals surface area contributed by atoms with Gasteiger partial charge in [0, 0.05) is 19.6 Å². The summed E-state index contributed by atoms with van der Waals surface area (Å²) in [6, 6.07) is 11.9. The van der Waals surface area contributed by atoms with Crippen molar-refractivity contribution < 1.29 is 14.3 Å². The number of nitrogens with zero attached hydrogens (tertiary/aromatic N) is 2. The molecule has 0 spiro atoms. The minimum absolute atomic E-state index is 0.0540. The molecular weight excluding hydrogens is 372 g/mol. The standard InChI is InChI=1S/C22H26N2O3S/c1-27-18-8-2-6-16(14-18)19-9-4-12-24(19)21(25)17-7-3-11-23(15-17)22(26)20-10-5-13-28-20/h2,5-6,8,10,13-14,17,19H,3-4,7,9,11-12,15H2,1H3. The number of piperidine rings is 1. The van der Waals surface area contributed by atoms with Crippen molar-refractivity contribution in [2.24, 2.45) is 5.92 Å². The predicted molar refractivity (Wildman–Crippen MR) is 110 cm³/mol. The number of methoxy groups -OCH3 is 1. The fourth-order valence-corrected chi connectivity index (χ4v) is 5.07. The van der Waals surface area contributed by atoms with E-state index < -0.39 is 0 Å². The van der Waals surface area contributed by atoms with E-state index in [9.17, 15) is 9.59 Å². The van der Waals surface area contributed by atoms with Gasteiger partial charge in [-0.3, -0.25) is 9.59 Å². The Morgan fingerprint density at radius 2 is 1.96 bits per heavy atom. The first kappa shape index (κ1) is 19.0. The van der Waals surface area contributed by atoms with Crippen LogP contribution in [-0.2, 0) is 4.79 Å². The van der Waals surface area contributed by atoms with Crippen molar-refractivity contribution in [3.8, 4) is 5.75 Å². The lowest BCUT2D eigenvalue weighted by Crippen LogP contribution is -2.46. The molecule has 1 aromatic heterocycles. The lowest BCUT2D eigenvalue weighted by Gasteiger charge is -2.35. The third kappa shape index (κ3) is 3.78. The maximum absolute atomic E-state index is 13.4. The van der Waals surface area contributed by atoms with Gasteiger partial charge in [-0.25, -0.2) is 0 Å². The minimum atomic E-state index is -0.108. The van der Waals surface area contributed by atoms with Gasteiger partial charge in [-0.15, -0.1) is 11.3 Å². The van der Waals surface area contributed by atoms with Crippen molar-refractivity contribution >= 4 is 23.2 Å². The molecule has 5 nitrogen and oxygen atoms in total. The van der Waals surface area contributed by atoms with Crippen LogP contribution < -0.4 is 4.74 Å². The summed E-state index contributed by atoms with van der Waals surface area (Å²) < 4.78 is 5.36. The minimum Gasteiger partial charge on any atom is -0.497 e. The molecule has 3 heterocycles. The Bertz CT molecular complexity index is 836. The largest absolute Gasteiger partial charge is 0.497 e. The number of likely N-dealkylation sites (tertiary alicyclic amines) is 2. The summed E-state index contributed by atoms with van der Waals surface area (Å²) in [4.78, 5) is 30.7. The SMILES string of the molecule is COc1cccc(C2CCCN2C(=O)C2CCCN(C(=O)c3cccs3)C2)c1. The highest BCUT2D eigenvalue weighted by Gasteiger charge is 2.37. The normalized spacial score (nSPS) is 22.3. The second-order valence-electron chi connectivity index (χ2n) is 7.53. The summed E-state index contributed by atoms with van der Waals surface area (Å²) in [6.45, 7) is 2.05. The van der Waals surface area contributed by atoms with Gasteiger partial charge < -0.3 is 14.5 Å². The number of carbonyl (C=O) groups excluding carboxylic acids is 2. The van der Waals surface area contributed by atoms with Crippen LogP contribution in [0.1, 0.15) is 47.0 Å². The lowest BCUT2D eigenvalue weighted by atomic mass is 9.95. The Morgan fingerprint density at radius 1 is 1.11 bits per heavy atom. The van der Waals surface area contributed by atoms with Crippen molar-refractivity contribution in [2.75, 3.05) is 26.7 Å². The average molecular weight is 399 g/mol. The molecule has 2 aliphatic heterocycles. The molecule has 2 fully saturated rings. The molecule has 0 N–H and O–H groups in total. The Labute approximate surface area is 169 Å². The molecular formula is C22H26N2O3S. The van der Waals surface area contributed by atoms with Gasteiger partial charge in [0.25, 0.3) is 5.91 Å². The molecule has 0 radical (unpaired) electrons. The molecule has 0 aliphatic carbocycles. The maximum Gasteiger partial charge on any atom is 0.263 e. The first-order chi connectivity index (χ1) is 13.7. The molecule has 2 aliphatic rings. The Hall–Kier alpha value is -2.34. The third-order valence-corrected chi connectivity index (χ3v) is 6.66. The van der Waals surface area contributed by atoms with Gasteiger partial charge in [0.1, 0.15) is 5.75 Å². The van der Waals surface area contributed by atoms with Crippen molar-refractivity contribution in [2.45, 2.75) is 31.7 Å². The molecule has 2 unspecified atom stereocenters. The predicted octanol–water partition coefficient (Wildman–Crippen LogP) is 3.97. The van der Waals surface area contributed by atoms with Gasteiger partial charge in [-0.2, -0.15) is 0 Å². The molecule has 148 valence electrons. The molecule has 0 bridgehead atoms. The molecule has 1 aromatic carbocycles. The van der Waals surface area contributed by atoms with Crippen molar-refractivity contribution in [3.63, 3.8) is 0 Å². The Morgan fingerprint density at radius 3 is 2.75 bits per heavy atom. The van der Waals surface area contributed by atoms with E-state index >= 15 is 0 Å². The van der Waals surface area contributed by atoms with Crippen LogP contribution in [0.4, 0.5) is 0 Å². The number of thiophene rings is 1. The monoisotopic (exact) mass is 398 g/mol. The van der Waals surface area contributed by atoms with Gasteiger partial charge in [-0.05, 0) is 54.8 Å². The second-order valence-corrected chi connectivity index (χ2v) is 8.48. The number of rotatable bonds is 4. The number of hydrogen-bond acceptors (Lipinski definition) is 4. The Kier molecular flexibility index (Phi) is 5.67. The van der Waals surface area contributed by atoms with E-state index in [0.29, 0.717) is 6.54 Å². The lowest BCUT2D eigenvalue weighted by molar-refractivity contribution is -0.138. The molecule has 4 rings (SSSR count). The van der Waals surface area contributed by atoms with Gasteiger partial charge in [-0.1, -0.05) is 18.2 Å². The van der Waals surface area contributed by atoms with Crippen molar-refractivity contribution in [1.29, 1.82) is 0 Å². The molecule has 6 heteroatoms. The maximum atomic E-state index is 13.4. The summed E-state index contributed by atoms with van der Waals surface area (Å²) in [5.41, 5.74) is 1.13. The number of ether oxygens (including phenoxy) is 1. The van der Waals surface area contributed by atoms with E-state index in [1.54, 1.807) is 7.11 Å². The van der Waals surface area contributed by atoms with Gasteiger partial charge in [0.05, 0.1) is 23.9 Å². The quantitative estimate of drug-likeness (QED) is 0.783. The van der Waals surface area contributed by atoms with Gasteiger partial charge in [0.2, 0.25) is 5.91 Å². The summed E-state index contributed by atoms with van der Waals surface area (Å²) in [5, 5.41) is 1.92. The van der Waals surface area contributed by atoms with E-state index in [2.05, 4.69) is 6.07 Å². The van der Waals surface area contributed by atoms with E-state index in [0.717, 1.165) is 55.0 Å².